The molecule has 0 aliphatic heterocycles. The third kappa shape index (κ3) is 8.41. The van der Waals surface area contributed by atoms with E-state index < -0.39 is 22.8 Å². The number of carbonyl (C=O) groups is 1. The molecule has 0 aliphatic carbocycles. The van der Waals surface area contributed by atoms with Gasteiger partial charge in [-0.3, -0.25) is 9.00 Å². The lowest BCUT2D eigenvalue weighted by molar-refractivity contribution is -0.138. The summed E-state index contributed by atoms with van der Waals surface area (Å²) in [5, 5.41) is 17.5. The molecule has 1 rings (SSSR count). The predicted octanol–water partition coefficient (Wildman–Crippen LogP) is 0.341. The van der Waals surface area contributed by atoms with Gasteiger partial charge < -0.3 is 15.9 Å². The first-order chi connectivity index (χ1) is 7.82. The van der Waals surface area contributed by atoms with Gasteiger partial charge in [0, 0.05) is 23.3 Å². The molecule has 1 aromatic rings. The van der Waals surface area contributed by atoms with Gasteiger partial charge in [-0.2, -0.15) is 0 Å². The lowest BCUT2D eigenvalue weighted by Crippen LogP contribution is -2.32. The zero-order valence-electron chi connectivity index (χ0n) is 9.79. The molecular weight excluding hydrogens is 242 g/mol. The van der Waals surface area contributed by atoms with Crippen molar-refractivity contribution in [1.29, 1.82) is 0 Å². The fourth-order valence-electron chi connectivity index (χ4n) is 0.973. The molecule has 0 aromatic heterocycles. The molecule has 0 aliphatic rings. The Labute approximate surface area is 103 Å². The molecular formula is C11H17NO4S. The van der Waals surface area contributed by atoms with Crippen LogP contribution < -0.4 is 5.73 Å². The standard InChI is InChI=1S/C9H11NO3.C2H6OS/c10-8(9(12)13)5-6-1-3-7(11)4-2-6;1-4(2)3/h1-4,8,11H,5,10H2,(H,12,13);1-2H3/t8-;/m0./s1. The number of hydrogen-bond acceptors (Lipinski definition) is 4. The molecule has 1 atom stereocenters. The number of phenols is 1. The van der Waals surface area contributed by atoms with Crippen molar-refractivity contribution in [2.45, 2.75) is 12.5 Å². The van der Waals surface area contributed by atoms with E-state index in [1.54, 1.807) is 24.6 Å². The summed E-state index contributed by atoms with van der Waals surface area (Å²) in [5.41, 5.74) is 6.12. The molecule has 0 bridgehead atoms. The van der Waals surface area contributed by atoms with E-state index in [9.17, 15) is 9.00 Å². The lowest BCUT2D eigenvalue weighted by Gasteiger charge is -2.05. The smallest absolute Gasteiger partial charge is 0.320 e. The molecule has 1 aromatic carbocycles. The molecule has 5 nitrogen and oxygen atoms in total. The first-order valence-electron chi connectivity index (χ1n) is 4.84. The minimum atomic E-state index is -1.02. The van der Waals surface area contributed by atoms with Crippen LogP contribution in [0.2, 0.25) is 0 Å². The SMILES string of the molecule is CS(C)=O.N[C@@H](Cc1ccc(O)cc1)C(=O)O. The van der Waals surface area contributed by atoms with Gasteiger partial charge in [-0.15, -0.1) is 0 Å². The van der Waals surface area contributed by atoms with Crippen LogP contribution >= 0.6 is 0 Å². The van der Waals surface area contributed by atoms with Gasteiger partial charge >= 0.3 is 5.97 Å². The van der Waals surface area contributed by atoms with Gasteiger partial charge in [0.05, 0.1) is 0 Å². The molecule has 96 valence electrons. The van der Waals surface area contributed by atoms with Crippen LogP contribution in [0.1, 0.15) is 5.56 Å². The Kier molecular flexibility index (Phi) is 7.16. The predicted molar refractivity (Wildman–Crippen MR) is 67.4 cm³/mol. The average molecular weight is 259 g/mol. The van der Waals surface area contributed by atoms with Crippen molar-refractivity contribution in [2.24, 2.45) is 5.73 Å². The highest BCUT2D eigenvalue weighted by molar-refractivity contribution is 7.83. The van der Waals surface area contributed by atoms with Crippen molar-refractivity contribution in [3.63, 3.8) is 0 Å². The molecule has 0 amide bonds. The maximum absolute atomic E-state index is 10.4. The average Bonchev–Trinajstić information content (AvgIpc) is 2.20. The lowest BCUT2D eigenvalue weighted by atomic mass is 10.1. The summed E-state index contributed by atoms with van der Waals surface area (Å²) in [4.78, 5) is 10.4. The van der Waals surface area contributed by atoms with Gasteiger partial charge in [0.15, 0.2) is 0 Å². The molecule has 0 fully saturated rings. The van der Waals surface area contributed by atoms with Crippen LogP contribution in [0.25, 0.3) is 0 Å². The highest BCUT2D eigenvalue weighted by atomic mass is 32.2. The molecule has 17 heavy (non-hydrogen) atoms. The van der Waals surface area contributed by atoms with Crippen LogP contribution in [0, 0.1) is 0 Å². The Morgan fingerprint density at radius 3 is 2.12 bits per heavy atom. The van der Waals surface area contributed by atoms with E-state index >= 15 is 0 Å². The van der Waals surface area contributed by atoms with Gasteiger partial charge in [0.25, 0.3) is 0 Å². The van der Waals surface area contributed by atoms with Gasteiger partial charge in [-0.1, -0.05) is 12.1 Å². The van der Waals surface area contributed by atoms with Crippen molar-refractivity contribution in [3.05, 3.63) is 29.8 Å². The zero-order chi connectivity index (χ0) is 13.4. The number of rotatable bonds is 3. The summed E-state index contributed by atoms with van der Waals surface area (Å²) in [6, 6.07) is 5.42. The van der Waals surface area contributed by atoms with Gasteiger partial charge in [0.2, 0.25) is 0 Å². The van der Waals surface area contributed by atoms with E-state index in [2.05, 4.69) is 0 Å². The number of hydrogen-bond donors (Lipinski definition) is 3. The number of phenolic OH excluding ortho intramolecular Hbond substituents is 1. The minimum absolute atomic E-state index is 0.160. The molecule has 0 spiro atoms. The van der Waals surface area contributed by atoms with Crippen molar-refractivity contribution in [2.75, 3.05) is 12.5 Å². The second-order valence-electron chi connectivity index (χ2n) is 3.56. The van der Waals surface area contributed by atoms with E-state index in [0.717, 1.165) is 5.56 Å². The summed E-state index contributed by atoms with van der Waals surface area (Å²) >= 11 is 0. The van der Waals surface area contributed by atoms with Crippen LogP contribution in [0.5, 0.6) is 5.75 Å². The number of carboxylic acid groups (broad SMARTS) is 1. The Morgan fingerprint density at radius 2 is 1.76 bits per heavy atom. The van der Waals surface area contributed by atoms with Crippen LogP contribution in [0.4, 0.5) is 0 Å². The topological polar surface area (TPSA) is 101 Å². The first-order valence-corrected chi connectivity index (χ1v) is 6.81. The van der Waals surface area contributed by atoms with Gasteiger partial charge in [-0.25, -0.2) is 0 Å². The normalized spacial score (nSPS) is 11.5. The Bertz CT molecular complexity index is 374. The van der Waals surface area contributed by atoms with Crippen molar-refractivity contribution in [1.82, 2.24) is 0 Å². The van der Waals surface area contributed by atoms with Crippen molar-refractivity contribution >= 4 is 16.8 Å². The molecule has 6 heteroatoms. The quantitative estimate of drug-likeness (QED) is 0.726. The van der Waals surface area contributed by atoms with Gasteiger partial charge in [0.1, 0.15) is 11.8 Å². The summed E-state index contributed by atoms with van der Waals surface area (Å²) in [6.07, 6.45) is 3.55. The highest BCUT2D eigenvalue weighted by Gasteiger charge is 2.11. The molecule has 0 unspecified atom stereocenters. The first kappa shape index (κ1) is 15.6. The van der Waals surface area contributed by atoms with Crippen molar-refractivity contribution < 1.29 is 19.2 Å². The summed E-state index contributed by atoms with van der Waals surface area (Å²) in [7, 11) is -0.611. The molecule has 0 saturated carbocycles. The van der Waals surface area contributed by atoms with Gasteiger partial charge in [-0.05, 0) is 24.1 Å². The van der Waals surface area contributed by atoms with E-state index in [1.165, 1.54) is 12.1 Å². The highest BCUT2D eigenvalue weighted by Crippen LogP contribution is 2.10. The second kappa shape index (κ2) is 7.81. The Balaban J connectivity index is 0.000000557. The number of aliphatic carboxylic acids is 1. The number of aromatic hydroxyl groups is 1. The summed E-state index contributed by atoms with van der Waals surface area (Å²) in [5.74, 6) is -0.860. The number of nitrogens with two attached hydrogens (primary N) is 1. The second-order valence-corrected chi connectivity index (χ2v) is 5.04. The fraction of sp³-hybridized carbons (Fsp3) is 0.364. The monoisotopic (exact) mass is 259 g/mol. The summed E-state index contributed by atoms with van der Waals surface area (Å²) < 4.78 is 9.56. The number of carboxylic acids is 1. The van der Waals surface area contributed by atoms with Crippen LogP contribution in [0.3, 0.4) is 0 Å². The number of benzene rings is 1. The van der Waals surface area contributed by atoms with E-state index in [1.807, 2.05) is 0 Å². The largest absolute Gasteiger partial charge is 0.508 e. The Hall–Kier alpha value is -1.40. The van der Waals surface area contributed by atoms with E-state index in [0.29, 0.717) is 0 Å². The molecule has 0 saturated heterocycles. The molecule has 0 radical (unpaired) electrons. The van der Waals surface area contributed by atoms with Crippen LogP contribution in [-0.2, 0) is 22.0 Å². The maximum atomic E-state index is 10.4. The fourth-order valence-corrected chi connectivity index (χ4v) is 0.973. The zero-order valence-corrected chi connectivity index (χ0v) is 10.6. The third-order valence-corrected chi connectivity index (χ3v) is 1.71. The van der Waals surface area contributed by atoms with E-state index in [4.69, 9.17) is 15.9 Å². The third-order valence-electron chi connectivity index (χ3n) is 1.71. The molecule has 0 heterocycles. The summed E-state index contributed by atoms with van der Waals surface area (Å²) in [6.45, 7) is 0. The van der Waals surface area contributed by atoms with E-state index in [-0.39, 0.29) is 12.2 Å². The maximum Gasteiger partial charge on any atom is 0.320 e. The minimum Gasteiger partial charge on any atom is -0.508 e. The van der Waals surface area contributed by atoms with Crippen LogP contribution in [0.15, 0.2) is 24.3 Å². The Morgan fingerprint density at radius 1 is 1.35 bits per heavy atom. The van der Waals surface area contributed by atoms with Crippen LogP contribution in [-0.4, -0.2) is 38.9 Å². The molecule has 4 N–H and O–H groups in total. The van der Waals surface area contributed by atoms with Crippen molar-refractivity contribution in [3.8, 4) is 5.75 Å².